The summed E-state index contributed by atoms with van der Waals surface area (Å²) in [6.07, 6.45) is 5.35. The van der Waals surface area contributed by atoms with Crippen molar-refractivity contribution in [3.63, 3.8) is 0 Å². The largest absolute Gasteiger partial charge is 0.367 e. The lowest BCUT2D eigenvalue weighted by Gasteiger charge is -2.25. The summed E-state index contributed by atoms with van der Waals surface area (Å²) in [7, 11) is 0. The molecule has 2 aromatic rings. The van der Waals surface area contributed by atoms with Gasteiger partial charge >= 0.3 is 0 Å². The average molecular weight is 257 g/mol. The van der Waals surface area contributed by atoms with E-state index in [1.807, 2.05) is 18.2 Å². The van der Waals surface area contributed by atoms with Crippen LogP contribution in [0.5, 0.6) is 0 Å². The quantitative estimate of drug-likeness (QED) is 0.892. The van der Waals surface area contributed by atoms with E-state index in [4.69, 9.17) is 10.3 Å². The molecule has 0 radical (unpaired) electrons. The van der Waals surface area contributed by atoms with Gasteiger partial charge in [-0.2, -0.15) is 0 Å². The molecule has 3 rings (SSSR count). The minimum absolute atomic E-state index is 0.243. The number of pyridine rings is 1. The van der Waals surface area contributed by atoms with Gasteiger partial charge in [-0.15, -0.1) is 0 Å². The van der Waals surface area contributed by atoms with Crippen molar-refractivity contribution in [2.24, 2.45) is 5.41 Å². The molecule has 100 valence electrons. The van der Waals surface area contributed by atoms with Gasteiger partial charge in [0.05, 0.1) is 17.0 Å². The summed E-state index contributed by atoms with van der Waals surface area (Å²) in [5, 5.41) is 4.23. The molecular weight excluding hydrogens is 238 g/mol. The highest BCUT2D eigenvalue weighted by molar-refractivity contribution is 5.72. The molecule has 1 aliphatic carbocycles. The number of nitrogens with two attached hydrogens (primary N) is 1. The third kappa shape index (κ3) is 2.01. The highest BCUT2D eigenvalue weighted by Crippen LogP contribution is 2.51. The first kappa shape index (κ1) is 12.2. The van der Waals surface area contributed by atoms with Gasteiger partial charge in [0.1, 0.15) is 0 Å². The molecule has 2 heterocycles. The van der Waals surface area contributed by atoms with Crippen LogP contribution in [0.3, 0.4) is 0 Å². The lowest BCUT2D eigenvalue weighted by Crippen LogP contribution is -2.16. The maximum atomic E-state index is 5.96. The topological polar surface area (TPSA) is 64.9 Å². The molecule has 19 heavy (non-hydrogen) atoms. The number of anilines is 1. The predicted molar refractivity (Wildman–Crippen MR) is 74.5 cm³/mol. The minimum Gasteiger partial charge on any atom is -0.367 e. The summed E-state index contributed by atoms with van der Waals surface area (Å²) in [5.74, 6) is 0.766. The third-order valence-corrected chi connectivity index (χ3v) is 4.25. The molecule has 1 atom stereocenters. The zero-order valence-corrected chi connectivity index (χ0v) is 11.4. The fraction of sp³-hybridized carbons (Fsp3) is 0.467. The van der Waals surface area contributed by atoms with Gasteiger partial charge in [0.15, 0.2) is 0 Å². The molecule has 1 fully saturated rings. The number of hydrogen-bond donors (Lipinski definition) is 1. The zero-order chi connectivity index (χ0) is 13.5. The van der Waals surface area contributed by atoms with Crippen LogP contribution in [-0.4, -0.2) is 10.1 Å². The van der Waals surface area contributed by atoms with Gasteiger partial charge in [0, 0.05) is 12.1 Å². The molecule has 4 nitrogen and oxygen atoms in total. The van der Waals surface area contributed by atoms with Gasteiger partial charge in [-0.05, 0) is 30.4 Å². The Labute approximate surface area is 113 Å². The third-order valence-electron chi connectivity index (χ3n) is 4.25. The van der Waals surface area contributed by atoms with E-state index in [1.54, 1.807) is 6.20 Å². The minimum atomic E-state index is 0.243. The summed E-state index contributed by atoms with van der Waals surface area (Å²) < 4.78 is 5.24. The second kappa shape index (κ2) is 4.37. The van der Waals surface area contributed by atoms with Gasteiger partial charge in [-0.1, -0.05) is 31.5 Å². The van der Waals surface area contributed by atoms with Crippen LogP contribution in [-0.2, 0) is 0 Å². The van der Waals surface area contributed by atoms with E-state index in [0.717, 1.165) is 23.4 Å². The molecule has 1 unspecified atom stereocenters. The smallest absolute Gasteiger partial charge is 0.231 e. The Morgan fingerprint density at radius 2 is 2.21 bits per heavy atom. The maximum Gasteiger partial charge on any atom is 0.231 e. The Balaban J connectivity index is 2.09. The molecule has 0 aromatic carbocycles. The van der Waals surface area contributed by atoms with E-state index in [0.29, 0.717) is 11.8 Å². The highest BCUT2D eigenvalue weighted by atomic mass is 16.5. The van der Waals surface area contributed by atoms with E-state index in [-0.39, 0.29) is 5.41 Å². The van der Waals surface area contributed by atoms with E-state index in [1.165, 1.54) is 12.8 Å². The van der Waals surface area contributed by atoms with Gasteiger partial charge in [0.25, 0.3) is 0 Å². The lowest BCUT2D eigenvalue weighted by molar-refractivity contribution is 0.314. The fourth-order valence-corrected chi connectivity index (χ4v) is 3.16. The zero-order valence-electron chi connectivity index (χ0n) is 11.4. The van der Waals surface area contributed by atoms with Crippen molar-refractivity contribution in [3.05, 3.63) is 30.1 Å². The predicted octanol–water partition coefficient (Wildman–Crippen LogP) is 3.61. The van der Waals surface area contributed by atoms with Crippen LogP contribution < -0.4 is 5.73 Å². The van der Waals surface area contributed by atoms with Crippen molar-refractivity contribution in [1.82, 2.24) is 10.1 Å². The summed E-state index contributed by atoms with van der Waals surface area (Å²) in [6.45, 7) is 4.58. The Morgan fingerprint density at radius 1 is 1.37 bits per heavy atom. The van der Waals surface area contributed by atoms with Crippen LogP contribution in [0, 0.1) is 5.41 Å². The van der Waals surface area contributed by atoms with Crippen LogP contribution in [0.1, 0.15) is 44.7 Å². The Morgan fingerprint density at radius 3 is 2.84 bits per heavy atom. The second-order valence-electron chi connectivity index (χ2n) is 5.96. The Bertz CT molecular complexity index is 574. The monoisotopic (exact) mass is 257 g/mol. The van der Waals surface area contributed by atoms with Crippen LogP contribution in [0.25, 0.3) is 11.3 Å². The highest BCUT2D eigenvalue weighted by Gasteiger charge is 2.39. The van der Waals surface area contributed by atoms with Gasteiger partial charge in [0.2, 0.25) is 5.88 Å². The van der Waals surface area contributed by atoms with Crippen molar-refractivity contribution in [2.45, 2.75) is 39.0 Å². The van der Waals surface area contributed by atoms with Crippen molar-refractivity contribution < 1.29 is 4.52 Å². The number of rotatable bonds is 2. The number of aromatic nitrogens is 2. The van der Waals surface area contributed by atoms with E-state index < -0.39 is 0 Å². The van der Waals surface area contributed by atoms with Crippen LogP contribution >= 0.6 is 0 Å². The fourth-order valence-electron chi connectivity index (χ4n) is 3.16. The van der Waals surface area contributed by atoms with Crippen LogP contribution in [0.2, 0.25) is 0 Å². The van der Waals surface area contributed by atoms with Gasteiger partial charge in [-0.25, -0.2) is 0 Å². The number of hydrogen-bond acceptors (Lipinski definition) is 4. The second-order valence-corrected chi connectivity index (χ2v) is 5.96. The van der Waals surface area contributed by atoms with Crippen LogP contribution in [0.4, 0.5) is 5.88 Å². The first-order valence-corrected chi connectivity index (χ1v) is 6.76. The Kier molecular flexibility index (Phi) is 2.81. The van der Waals surface area contributed by atoms with E-state index in [2.05, 4.69) is 24.0 Å². The van der Waals surface area contributed by atoms with Gasteiger partial charge in [-0.3, -0.25) is 4.98 Å². The van der Waals surface area contributed by atoms with E-state index in [9.17, 15) is 0 Å². The Hall–Kier alpha value is -1.84. The van der Waals surface area contributed by atoms with Crippen molar-refractivity contribution in [3.8, 4) is 11.3 Å². The first-order valence-electron chi connectivity index (χ1n) is 6.76. The molecular formula is C15H19N3O. The van der Waals surface area contributed by atoms with Gasteiger partial charge < -0.3 is 10.3 Å². The first-order chi connectivity index (χ1) is 9.09. The normalized spacial score (nSPS) is 21.7. The van der Waals surface area contributed by atoms with Crippen molar-refractivity contribution in [1.29, 1.82) is 0 Å². The van der Waals surface area contributed by atoms with Crippen molar-refractivity contribution in [2.75, 3.05) is 5.73 Å². The molecule has 1 saturated carbocycles. The summed E-state index contributed by atoms with van der Waals surface area (Å²) in [5.41, 5.74) is 8.90. The van der Waals surface area contributed by atoms with E-state index >= 15 is 0 Å². The molecule has 0 amide bonds. The molecule has 0 bridgehead atoms. The molecule has 0 spiro atoms. The molecule has 0 saturated heterocycles. The molecule has 2 aromatic heterocycles. The maximum absolute atomic E-state index is 5.96. The summed E-state index contributed by atoms with van der Waals surface area (Å²) in [4.78, 5) is 4.38. The number of nitrogens with zero attached hydrogens (tertiary/aromatic N) is 2. The van der Waals surface area contributed by atoms with Crippen molar-refractivity contribution >= 4 is 5.88 Å². The summed E-state index contributed by atoms with van der Waals surface area (Å²) in [6, 6.07) is 5.80. The molecule has 0 aliphatic heterocycles. The average Bonchev–Trinajstić information content (AvgIpc) is 2.92. The lowest BCUT2D eigenvalue weighted by atomic mass is 9.78. The standard InChI is InChI=1S/C15H19N3O/c1-15(2)8-5-6-10(15)13-12(14(16)19-18-13)11-7-3-4-9-17-11/h3-4,7,9-10H,5-6,8,16H2,1-2H3. The number of nitrogen functional groups attached to an aromatic ring is 1. The summed E-state index contributed by atoms with van der Waals surface area (Å²) >= 11 is 0. The molecule has 2 N–H and O–H groups in total. The molecule has 4 heteroatoms. The SMILES string of the molecule is CC1(C)CCCC1c1noc(N)c1-c1ccccn1. The molecule has 1 aliphatic rings. The van der Waals surface area contributed by atoms with Crippen LogP contribution in [0.15, 0.2) is 28.9 Å².